The number of rotatable bonds is 2. The molecule has 2 atom stereocenters. The minimum atomic E-state index is 0.278. The Kier molecular flexibility index (Phi) is 7.88. The second-order valence-electron chi connectivity index (χ2n) is 16.5. The van der Waals surface area contributed by atoms with Crippen molar-refractivity contribution >= 4 is 43.7 Å². The summed E-state index contributed by atoms with van der Waals surface area (Å²) in [6.45, 7) is 12.6. The average Bonchev–Trinajstić information content (AvgIpc) is 3.90. The average molecular weight is 715 g/mol. The topological polar surface area (TPSA) is 85.8 Å². The molecule has 0 saturated carbocycles. The van der Waals surface area contributed by atoms with E-state index in [9.17, 15) is 0 Å². The molecule has 0 radical (unpaired) electrons. The highest BCUT2D eigenvalue weighted by molar-refractivity contribution is 5.87. The highest BCUT2D eigenvalue weighted by Gasteiger charge is 2.34. The SMILES string of the molecule is Cc1ccc2c3c([nH]c2c1)CN(C1Cc2c([nH]c4cc(C)ccc24)CN1C)CC3.Cc1ccc2nc([C@H]3Cc4c([nH]c5cc(C)ccc45)CN3C)[nH]c2c1. The molecule has 0 amide bonds. The monoisotopic (exact) mass is 714 g/mol. The quantitative estimate of drug-likeness (QED) is 0.144. The maximum atomic E-state index is 4.87. The van der Waals surface area contributed by atoms with Gasteiger partial charge in [-0.25, -0.2) is 4.98 Å². The molecule has 11 rings (SSSR count). The number of aryl methyl sites for hydroxylation is 4. The summed E-state index contributed by atoms with van der Waals surface area (Å²) in [5.41, 5.74) is 19.8. The molecule has 7 heterocycles. The van der Waals surface area contributed by atoms with Crippen LogP contribution in [0.1, 0.15) is 67.9 Å². The Balaban J connectivity index is 0.000000135. The summed E-state index contributed by atoms with van der Waals surface area (Å²) in [4.78, 5) is 27.0. The summed E-state index contributed by atoms with van der Waals surface area (Å²) in [6.07, 6.45) is 3.64. The molecule has 4 N–H and O–H groups in total. The standard InChI is InChI=1S/C25H28N4.C21H22N4/c1-15-4-6-17-19-8-9-29(14-24(19)27-21(17)10-15)25-12-20-18-7-5-16(2)11-22(18)26-23(20)13-28(25)3;1-12-4-6-14-15-10-20(25(3)11-19(15)22-17(14)8-12)21-23-16-7-5-13(2)9-18(16)24-21/h4-7,10-11,25-27H,8-9,12-14H2,1-3H3;4-9,20,22H,10-11H2,1-3H3,(H,23,24)/t;20-/m.1/s1. The van der Waals surface area contributed by atoms with Gasteiger partial charge in [0.25, 0.3) is 0 Å². The number of nitrogens with zero attached hydrogens (tertiary/aromatic N) is 4. The van der Waals surface area contributed by atoms with Crippen molar-refractivity contribution in [3.05, 3.63) is 135 Å². The predicted octanol–water partition coefficient (Wildman–Crippen LogP) is 9.03. The Morgan fingerprint density at radius 3 is 1.65 bits per heavy atom. The van der Waals surface area contributed by atoms with E-state index in [1.54, 1.807) is 0 Å². The smallest absolute Gasteiger partial charge is 0.125 e. The molecular weight excluding hydrogens is 665 g/mol. The first-order valence-corrected chi connectivity index (χ1v) is 19.6. The van der Waals surface area contributed by atoms with Crippen LogP contribution in [0, 0.1) is 27.7 Å². The lowest BCUT2D eigenvalue weighted by atomic mass is 9.96. The maximum Gasteiger partial charge on any atom is 0.125 e. The lowest BCUT2D eigenvalue weighted by Gasteiger charge is -2.42. The van der Waals surface area contributed by atoms with Crippen LogP contribution >= 0.6 is 0 Å². The third-order valence-electron chi connectivity index (χ3n) is 12.5. The van der Waals surface area contributed by atoms with E-state index in [-0.39, 0.29) is 6.04 Å². The fourth-order valence-corrected chi connectivity index (χ4v) is 9.64. The van der Waals surface area contributed by atoms with Crippen molar-refractivity contribution in [2.24, 2.45) is 0 Å². The predicted molar refractivity (Wildman–Crippen MR) is 221 cm³/mol. The third-order valence-corrected chi connectivity index (χ3v) is 12.5. The van der Waals surface area contributed by atoms with Gasteiger partial charge in [0.2, 0.25) is 0 Å². The number of fused-ring (bicyclic) bond motifs is 10. The molecule has 4 aromatic heterocycles. The minimum absolute atomic E-state index is 0.278. The van der Waals surface area contributed by atoms with E-state index in [1.807, 2.05) is 0 Å². The van der Waals surface area contributed by atoms with Crippen molar-refractivity contribution in [1.82, 2.24) is 39.6 Å². The van der Waals surface area contributed by atoms with Crippen LogP contribution in [0.25, 0.3) is 43.7 Å². The summed E-state index contributed by atoms with van der Waals surface area (Å²) in [6, 6.07) is 27.0. The number of nitrogens with one attached hydrogen (secondary N) is 4. The number of imidazole rings is 1. The van der Waals surface area contributed by atoms with Gasteiger partial charge in [-0.1, -0.05) is 42.5 Å². The fraction of sp³-hybridized carbons (Fsp3) is 0.326. The highest BCUT2D eigenvalue weighted by atomic mass is 15.4. The van der Waals surface area contributed by atoms with E-state index in [0.717, 1.165) is 62.3 Å². The molecule has 8 nitrogen and oxygen atoms in total. The number of hydrogen-bond donors (Lipinski definition) is 4. The number of benzene rings is 4. The molecule has 8 heteroatoms. The van der Waals surface area contributed by atoms with Gasteiger partial charge in [0.1, 0.15) is 5.82 Å². The van der Waals surface area contributed by atoms with Gasteiger partial charge in [-0.3, -0.25) is 14.7 Å². The molecule has 0 bridgehead atoms. The first-order chi connectivity index (χ1) is 26.1. The second-order valence-corrected chi connectivity index (χ2v) is 16.5. The molecule has 8 aromatic rings. The van der Waals surface area contributed by atoms with E-state index in [2.05, 4.69) is 149 Å². The fourth-order valence-electron chi connectivity index (χ4n) is 9.64. The molecule has 4 aromatic carbocycles. The molecule has 3 aliphatic rings. The van der Waals surface area contributed by atoms with Crippen molar-refractivity contribution in [2.75, 3.05) is 20.6 Å². The van der Waals surface area contributed by atoms with E-state index in [4.69, 9.17) is 4.98 Å². The van der Waals surface area contributed by atoms with Crippen LogP contribution < -0.4 is 0 Å². The van der Waals surface area contributed by atoms with Crippen molar-refractivity contribution in [1.29, 1.82) is 0 Å². The van der Waals surface area contributed by atoms with Crippen LogP contribution in [0.3, 0.4) is 0 Å². The Labute approximate surface area is 316 Å². The normalized spacial score (nSPS) is 19.3. The highest BCUT2D eigenvalue weighted by Crippen LogP contribution is 2.37. The van der Waals surface area contributed by atoms with Gasteiger partial charge in [0.15, 0.2) is 0 Å². The van der Waals surface area contributed by atoms with Crippen LogP contribution in [0.4, 0.5) is 0 Å². The zero-order valence-electron chi connectivity index (χ0n) is 32.3. The third kappa shape index (κ3) is 5.67. The molecule has 3 aliphatic heterocycles. The number of aromatic nitrogens is 5. The van der Waals surface area contributed by atoms with Crippen LogP contribution in [-0.4, -0.2) is 66.4 Å². The molecule has 0 spiro atoms. The van der Waals surface area contributed by atoms with E-state index in [0.29, 0.717) is 6.17 Å². The molecular formula is C46H50N8. The summed E-state index contributed by atoms with van der Waals surface area (Å²) >= 11 is 0. The summed E-state index contributed by atoms with van der Waals surface area (Å²) in [5.74, 6) is 1.07. The molecule has 1 unspecified atom stereocenters. The summed E-state index contributed by atoms with van der Waals surface area (Å²) in [5, 5.41) is 4.17. The van der Waals surface area contributed by atoms with Crippen molar-refractivity contribution in [3.8, 4) is 0 Å². The number of hydrogen-bond acceptors (Lipinski definition) is 4. The molecule has 0 fully saturated rings. The lowest BCUT2D eigenvalue weighted by molar-refractivity contribution is 0.0357. The summed E-state index contributed by atoms with van der Waals surface area (Å²) in [7, 11) is 4.46. The number of H-pyrrole nitrogens is 4. The van der Waals surface area contributed by atoms with Crippen molar-refractivity contribution in [2.45, 2.75) is 78.8 Å². The Bertz CT molecular complexity index is 2720. The van der Waals surface area contributed by atoms with Crippen LogP contribution in [0.15, 0.2) is 72.8 Å². The maximum absolute atomic E-state index is 4.87. The van der Waals surface area contributed by atoms with Gasteiger partial charge < -0.3 is 19.9 Å². The van der Waals surface area contributed by atoms with Gasteiger partial charge in [-0.2, -0.15) is 0 Å². The van der Waals surface area contributed by atoms with Gasteiger partial charge in [0.05, 0.1) is 23.2 Å². The van der Waals surface area contributed by atoms with E-state index < -0.39 is 0 Å². The van der Waals surface area contributed by atoms with Crippen molar-refractivity contribution in [3.63, 3.8) is 0 Å². The number of aromatic amines is 4. The first kappa shape index (κ1) is 33.4. The molecule has 54 heavy (non-hydrogen) atoms. The van der Waals surface area contributed by atoms with Crippen LogP contribution in [0.5, 0.6) is 0 Å². The molecule has 274 valence electrons. The zero-order valence-corrected chi connectivity index (χ0v) is 32.3. The van der Waals surface area contributed by atoms with Crippen LogP contribution in [-0.2, 0) is 38.9 Å². The van der Waals surface area contributed by atoms with E-state index in [1.165, 1.54) is 88.7 Å². The second kappa shape index (κ2) is 12.7. The van der Waals surface area contributed by atoms with Gasteiger partial charge >= 0.3 is 0 Å². The minimum Gasteiger partial charge on any atom is -0.357 e. The number of likely N-dealkylation sites (N-methyl/N-ethyl adjacent to an activating group) is 2. The van der Waals surface area contributed by atoms with Crippen LogP contribution in [0.2, 0.25) is 0 Å². The Morgan fingerprint density at radius 2 is 1.04 bits per heavy atom. The largest absolute Gasteiger partial charge is 0.357 e. The van der Waals surface area contributed by atoms with E-state index >= 15 is 0 Å². The Hall–Kier alpha value is -5.15. The molecule has 0 saturated heterocycles. The Morgan fingerprint density at radius 1 is 0.537 bits per heavy atom. The van der Waals surface area contributed by atoms with Gasteiger partial charge in [0, 0.05) is 82.4 Å². The summed E-state index contributed by atoms with van der Waals surface area (Å²) < 4.78 is 0. The van der Waals surface area contributed by atoms with Gasteiger partial charge in [-0.05, 0) is 124 Å². The lowest BCUT2D eigenvalue weighted by Crippen LogP contribution is -2.51. The first-order valence-electron chi connectivity index (χ1n) is 19.6. The zero-order chi connectivity index (χ0) is 36.8. The van der Waals surface area contributed by atoms with Gasteiger partial charge in [-0.15, -0.1) is 0 Å². The molecule has 0 aliphatic carbocycles. The van der Waals surface area contributed by atoms with Crippen molar-refractivity contribution < 1.29 is 0 Å².